The van der Waals surface area contributed by atoms with Crippen LogP contribution in [0, 0.1) is 0 Å². The Kier molecular flexibility index (Phi) is 6.96. The van der Waals surface area contributed by atoms with Crippen molar-refractivity contribution in [3.8, 4) is 17.1 Å². The SMILES string of the molecule is CCn1c(S[C@H](C)C(=O)N2CC[NH+](CC)CC2)nnc1-c1ccc(OC)cc1. The average Bonchev–Trinajstić information content (AvgIpc) is 3.15. The van der Waals surface area contributed by atoms with Gasteiger partial charge >= 0.3 is 0 Å². The van der Waals surface area contributed by atoms with Gasteiger partial charge < -0.3 is 19.1 Å². The number of benzene rings is 1. The van der Waals surface area contributed by atoms with Crippen LogP contribution in [0.4, 0.5) is 0 Å². The second-order valence-corrected chi connectivity index (χ2v) is 8.28. The highest BCUT2D eigenvalue weighted by molar-refractivity contribution is 8.00. The lowest BCUT2D eigenvalue weighted by atomic mass is 10.2. The van der Waals surface area contributed by atoms with Gasteiger partial charge in [0.25, 0.3) is 0 Å². The van der Waals surface area contributed by atoms with Crippen LogP contribution in [0.15, 0.2) is 29.4 Å². The summed E-state index contributed by atoms with van der Waals surface area (Å²) in [5, 5.41) is 9.36. The summed E-state index contributed by atoms with van der Waals surface area (Å²) < 4.78 is 7.29. The molecule has 1 atom stereocenters. The molecule has 0 aliphatic carbocycles. The number of nitrogens with one attached hydrogen (secondary N) is 1. The molecule has 3 rings (SSSR count). The molecule has 2 aromatic rings. The number of methoxy groups -OCH3 is 1. The van der Waals surface area contributed by atoms with E-state index in [-0.39, 0.29) is 11.2 Å². The first-order valence-electron chi connectivity index (χ1n) is 9.94. The van der Waals surface area contributed by atoms with E-state index in [2.05, 4.69) is 28.6 Å². The zero-order chi connectivity index (χ0) is 20.1. The van der Waals surface area contributed by atoms with Crippen LogP contribution in [0.5, 0.6) is 5.75 Å². The quantitative estimate of drug-likeness (QED) is 0.703. The normalized spacial score (nSPS) is 16.2. The van der Waals surface area contributed by atoms with Crippen molar-refractivity contribution in [3.63, 3.8) is 0 Å². The maximum atomic E-state index is 12.9. The molecular weight excluding hydrogens is 374 g/mol. The summed E-state index contributed by atoms with van der Waals surface area (Å²) in [6.45, 7) is 11.8. The second kappa shape index (κ2) is 9.43. The molecule has 0 spiro atoms. The number of amides is 1. The highest BCUT2D eigenvalue weighted by Crippen LogP contribution is 2.28. The molecule has 1 aliphatic heterocycles. The lowest BCUT2D eigenvalue weighted by Gasteiger charge is -2.32. The summed E-state index contributed by atoms with van der Waals surface area (Å²) in [6.07, 6.45) is 0. The molecule has 1 aromatic carbocycles. The molecule has 7 nitrogen and oxygen atoms in total. The first-order chi connectivity index (χ1) is 13.6. The standard InChI is InChI=1S/C20H29N5O2S/c1-5-23-11-13-24(14-12-23)19(26)15(3)28-20-22-21-18(25(20)6-2)16-7-9-17(27-4)10-8-16/h7-10,15H,5-6,11-14H2,1-4H3/p+1/t15-/m1/s1. The Bertz CT molecular complexity index is 784. The third-order valence-electron chi connectivity index (χ3n) is 5.29. The molecule has 0 bridgehead atoms. The molecule has 0 saturated carbocycles. The fourth-order valence-corrected chi connectivity index (χ4v) is 4.47. The van der Waals surface area contributed by atoms with Crippen LogP contribution in [-0.4, -0.2) is 70.7 Å². The van der Waals surface area contributed by atoms with E-state index in [1.165, 1.54) is 11.8 Å². The minimum atomic E-state index is -0.179. The minimum Gasteiger partial charge on any atom is -0.497 e. The Labute approximate surface area is 171 Å². The monoisotopic (exact) mass is 404 g/mol. The van der Waals surface area contributed by atoms with Crippen molar-refractivity contribution in [3.05, 3.63) is 24.3 Å². The van der Waals surface area contributed by atoms with Gasteiger partial charge in [-0.25, -0.2) is 0 Å². The van der Waals surface area contributed by atoms with E-state index in [1.54, 1.807) is 12.0 Å². The molecule has 2 heterocycles. The highest BCUT2D eigenvalue weighted by Gasteiger charge is 2.28. The number of thioether (sulfide) groups is 1. The van der Waals surface area contributed by atoms with Crippen molar-refractivity contribution < 1.29 is 14.4 Å². The number of carbonyl (C=O) groups excluding carboxylic acids is 1. The fraction of sp³-hybridized carbons (Fsp3) is 0.550. The Morgan fingerprint density at radius 2 is 1.89 bits per heavy atom. The number of ether oxygens (including phenoxy) is 1. The minimum absolute atomic E-state index is 0.179. The number of carbonyl (C=O) groups is 1. The van der Waals surface area contributed by atoms with Gasteiger partial charge in [-0.05, 0) is 45.0 Å². The van der Waals surface area contributed by atoms with E-state index in [0.29, 0.717) is 0 Å². The first-order valence-corrected chi connectivity index (χ1v) is 10.8. The van der Waals surface area contributed by atoms with Crippen molar-refractivity contribution >= 4 is 17.7 Å². The molecule has 0 unspecified atom stereocenters. The summed E-state index contributed by atoms with van der Waals surface area (Å²) in [5.74, 6) is 1.81. The predicted molar refractivity (Wildman–Crippen MR) is 111 cm³/mol. The topological polar surface area (TPSA) is 64.7 Å². The van der Waals surface area contributed by atoms with Crippen LogP contribution in [0.3, 0.4) is 0 Å². The number of rotatable bonds is 7. The second-order valence-electron chi connectivity index (χ2n) is 6.97. The molecule has 152 valence electrons. The van der Waals surface area contributed by atoms with Gasteiger partial charge in [0.05, 0.1) is 45.1 Å². The first kappa shape index (κ1) is 20.7. The van der Waals surface area contributed by atoms with Gasteiger partial charge in [0.2, 0.25) is 5.91 Å². The van der Waals surface area contributed by atoms with Crippen LogP contribution in [0.2, 0.25) is 0 Å². The summed E-state index contributed by atoms with van der Waals surface area (Å²) in [5.41, 5.74) is 0.986. The van der Waals surface area contributed by atoms with E-state index in [1.807, 2.05) is 36.1 Å². The summed E-state index contributed by atoms with van der Waals surface area (Å²) in [6, 6.07) is 7.79. The van der Waals surface area contributed by atoms with E-state index in [0.717, 1.165) is 61.6 Å². The zero-order valence-electron chi connectivity index (χ0n) is 17.1. The lowest BCUT2D eigenvalue weighted by molar-refractivity contribution is -0.902. The molecule has 1 fully saturated rings. The van der Waals surface area contributed by atoms with Crippen LogP contribution >= 0.6 is 11.8 Å². The summed E-state index contributed by atoms with van der Waals surface area (Å²) in [7, 11) is 1.65. The molecule has 28 heavy (non-hydrogen) atoms. The van der Waals surface area contributed by atoms with Gasteiger partial charge in [0.15, 0.2) is 11.0 Å². The zero-order valence-corrected chi connectivity index (χ0v) is 18.0. The predicted octanol–water partition coefficient (Wildman–Crippen LogP) is 1.20. The van der Waals surface area contributed by atoms with E-state index in [9.17, 15) is 4.79 Å². The van der Waals surface area contributed by atoms with Crippen LogP contribution in [-0.2, 0) is 11.3 Å². The van der Waals surface area contributed by atoms with Crippen molar-refractivity contribution in [2.45, 2.75) is 37.7 Å². The highest BCUT2D eigenvalue weighted by atomic mass is 32.2. The van der Waals surface area contributed by atoms with Gasteiger partial charge in [-0.1, -0.05) is 11.8 Å². The van der Waals surface area contributed by atoms with Gasteiger partial charge in [-0.3, -0.25) is 4.79 Å². The fourth-order valence-electron chi connectivity index (χ4n) is 3.48. The average molecular weight is 405 g/mol. The largest absolute Gasteiger partial charge is 0.497 e. The van der Waals surface area contributed by atoms with Crippen molar-refractivity contribution in [2.24, 2.45) is 0 Å². The number of hydrogen-bond acceptors (Lipinski definition) is 5. The summed E-state index contributed by atoms with van der Waals surface area (Å²) in [4.78, 5) is 16.4. The third-order valence-corrected chi connectivity index (χ3v) is 6.36. The van der Waals surface area contributed by atoms with Gasteiger partial charge in [0.1, 0.15) is 5.75 Å². The molecule has 1 N–H and O–H groups in total. The van der Waals surface area contributed by atoms with Gasteiger partial charge in [0, 0.05) is 12.1 Å². The molecule has 1 amide bonds. The third kappa shape index (κ3) is 4.50. The van der Waals surface area contributed by atoms with Gasteiger partial charge in [-0.2, -0.15) is 0 Å². The molecule has 1 aromatic heterocycles. The number of piperazine rings is 1. The number of aromatic nitrogens is 3. The Morgan fingerprint density at radius 1 is 1.21 bits per heavy atom. The number of likely N-dealkylation sites (N-methyl/N-ethyl adjacent to an activating group) is 1. The number of hydrogen-bond donors (Lipinski definition) is 1. The molecular formula is C20H30N5O2S+. The number of quaternary nitrogens is 1. The van der Waals surface area contributed by atoms with Crippen molar-refractivity contribution in [2.75, 3.05) is 39.8 Å². The van der Waals surface area contributed by atoms with Crippen LogP contribution in [0.1, 0.15) is 20.8 Å². The maximum Gasteiger partial charge on any atom is 0.236 e. The Hall–Kier alpha value is -2.06. The van der Waals surface area contributed by atoms with Crippen molar-refractivity contribution in [1.29, 1.82) is 0 Å². The molecule has 0 radical (unpaired) electrons. The Balaban J connectivity index is 1.70. The Morgan fingerprint density at radius 3 is 2.46 bits per heavy atom. The van der Waals surface area contributed by atoms with Crippen LogP contribution in [0.25, 0.3) is 11.4 Å². The maximum absolute atomic E-state index is 12.9. The van der Waals surface area contributed by atoms with E-state index in [4.69, 9.17) is 4.74 Å². The van der Waals surface area contributed by atoms with E-state index >= 15 is 0 Å². The van der Waals surface area contributed by atoms with E-state index < -0.39 is 0 Å². The van der Waals surface area contributed by atoms with Crippen molar-refractivity contribution in [1.82, 2.24) is 19.7 Å². The summed E-state index contributed by atoms with van der Waals surface area (Å²) >= 11 is 1.49. The van der Waals surface area contributed by atoms with Gasteiger partial charge in [-0.15, -0.1) is 10.2 Å². The lowest BCUT2D eigenvalue weighted by Crippen LogP contribution is -3.14. The molecule has 8 heteroatoms. The smallest absolute Gasteiger partial charge is 0.236 e. The molecule has 1 saturated heterocycles. The van der Waals surface area contributed by atoms with Crippen LogP contribution < -0.4 is 9.64 Å². The molecule has 1 aliphatic rings. The number of nitrogens with zero attached hydrogens (tertiary/aromatic N) is 4.